The Kier molecular flexibility index (Phi) is 4.61. The second-order valence-electron chi connectivity index (χ2n) is 3.65. The number of methoxy groups -OCH3 is 1. The lowest BCUT2D eigenvalue weighted by molar-refractivity contribution is -0.385. The second kappa shape index (κ2) is 5.97. The van der Waals surface area contributed by atoms with Gasteiger partial charge in [0, 0.05) is 31.0 Å². The highest BCUT2D eigenvalue weighted by molar-refractivity contribution is 5.90. The highest BCUT2D eigenvalue weighted by Gasteiger charge is 2.18. The molecule has 0 saturated heterocycles. The number of nitrogens with zero attached hydrogens (tertiary/aromatic N) is 1. The number of hydrogen-bond donors (Lipinski definition) is 2. The molecule has 7 nitrogen and oxygen atoms in total. The summed E-state index contributed by atoms with van der Waals surface area (Å²) >= 11 is 0. The van der Waals surface area contributed by atoms with Crippen LogP contribution in [0.4, 0.5) is 11.4 Å². The number of nitro benzene ring substituents is 1. The van der Waals surface area contributed by atoms with Crippen LogP contribution in [0.3, 0.4) is 0 Å². The van der Waals surface area contributed by atoms with Crippen LogP contribution in [0.15, 0.2) is 12.1 Å². The Bertz CT molecular complexity index is 473. The molecular weight excluding hydrogens is 240 g/mol. The van der Waals surface area contributed by atoms with Crippen LogP contribution in [0.2, 0.25) is 0 Å². The third-order valence-electron chi connectivity index (χ3n) is 2.45. The van der Waals surface area contributed by atoms with E-state index in [0.29, 0.717) is 24.4 Å². The zero-order valence-electron chi connectivity index (χ0n) is 10.1. The van der Waals surface area contributed by atoms with E-state index >= 15 is 0 Å². The average molecular weight is 254 g/mol. The number of aromatic carboxylic acids is 1. The summed E-state index contributed by atoms with van der Waals surface area (Å²) in [5.74, 6) is -1.20. The third kappa shape index (κ3) is 3.17. The summed E-state index contributed by atoms with van der Waals surface area (Å²) < 4.78 is 4.85. The van der Waals surface area contributed by atoms with Gasteiger partial charge in [0.15, 0.2) is 0 Å². The molecule has 1 rings (SSSR count). The van der Waals surface area contributed by atoms with Gasteiger partial charge in [-0.1, -0.05) is 0 Å². The lowest BCUT2D eigenvalue weighted by atomic mass is 10.1. The number of benzene rings is 1. The molecule has 18 heavy (non-hydrogen) atoms. The van der Waals surface area contributed by atoms with Crippen molar-refractivity contribution in [3.05, 3.63) is 33.4 Å². The molecule has 0 aliphatic heterocycles. The van der Waals surface area contributed by atoms with Crippen LogP contribution in [0.5, 0.6) is 0 Å². The van der Waals surface area contributed by atoms with Crippen LogP contribution >= 0.6 is 0 Å². The van der Waals surface area contributed by atoms with Crippen LogP contribution in [-0.4, -0.2) is 36.3 Å². The van der Waals surface area contributed by atoms with E-state index in [2.05, 4.69) is 5.32 Å². The Morgan fingerprint density at radius 3 is 2.72 bits per heavy atom. The first kappa shape index (κ1) is 13.9. The molecule has 1 aromatic carbocycles. The van der Waals surface area contributed by atoms with Crippen molar-refractivity contribution >= 4 is 17.3 Å². The number of carboxylic acid groups (broad SMARTS) is 1. The van der Waals surface area contributed by atoms with Crippen molar-refractivity contribution in [2.24, 2.45) is 0 Å². The van der Waals surface area contributed by atoms with Crippen LogP contribution in [0.25, 0.3) is 0 Å². The van der Waals surface area contributed by atoms with Crippen LogP contribution in [0.1, 0.15) is 15.9 Å². The van der Waals surface area contributed by atoms with Crippen molar-refractivity contribution in [1.29, 1.82) is 0 Å². The molecule has 0 heterocycles. The van der Waals surface area contributed by atoms with Crippen LogP contribution in [0, 0.1) is 17.0 Å². The molecule has 0 spiro atoms. The molecular formula is C11H14N2O5. The topological polar surface area (TPSA) is 102 Å². The normalized spacial score (nSPS) is 10.1. The number of nitrogens with one attached hydrogen (secondary N) is 1. The Balaban J connectivity index is 3.14. The molecule has 0 fully saturated rings. The lowest BCUT2D eigenvalue weighted by Crippen LogP contribution is -2.10. The monoisotopic (exact) mass is 254 g/mol. The smallest absolute Gasteiger partial charge is 0.336 e. The SMILES string of the molecule is COCCNc1cc(C(=O)O)cc([N+](=O)[O-])c1C. The molecule has 0 aliphatic carbocycles. The number of rotatable bonds is 6. The molecule has 0 saturated carbocycles. The maximum Gasteiger partial charge on any atom is 0.336 e. The molecule has 0 atom stereocenters. The van der Waals surface area contributed by atoms with E-state index in [1.54, 1.807) is 6.92 Å². The van der Waals surface area contributed by atoms with E-state index in [1.165, 1.54) is 13.2 Å². The number of ether oxygens (including phenoxy) is 1. The molecule has 2 N–H and O–H groups in total. The third-order valence-corrected chi connectivity index (χ3v) is 2.45. The predicted octanol–water partition coefficient (Wildman–Crippen LogP) is 1.66. The minimum atomic E-state index is -1.20. The number of hydrogen-bond acceptors (Lipinski definition) is 5. The number of carboxylic acids is 1. The van der Waals surface area contributed by atoms with Crippen LogP contribution in [-0.2, 0) is 4.74 Å². The highest BCUT2D eigenvalue weighted by Crippen LogP contribution is 2.27. The summed E-state index contributed by atoms with van der Waals surface area (Å²) in [4.78, 5) is 21.1. The molecule has 0 unspecified atom stereocenters. The second-order valence-corrected chi connectivity index (χ2v) is 3.65. The Morgan fingerprint density at radius 2 is 2.22 bits per heavy atom. The van der Waals surface area contributed by atoms with Gasteiger partial charge in [-0.15, -0.1) is 0 Å². The van der Waals surface area contributed by atoms with Gasteiger partial charge in [-0.05, 0) is 13.0 Å². The van der Waals surface area contributed by atoms with Crippen molar-refractivity contribution in [3.63, 3.8) is 0 Å². The van der Waals surface area contributed by atoms with Gasteiger partial charge in [-0.25, -0.2) is 4.79 Å². The summed E-state index contributed by atoms with van der Waals surface area (Å²) in [5, 5.41) is 22.7. The average Bonchev–Trinajstić information content (AvgIpc) is 2.30. The van der Waals surface area contributed by atoms with Gasteiger partial charge in [-0.3, -0.25) is 10.1 Å². The zero-order chi connectivity index (χ0) is 13.7. The number of carbonyl (C=O) groups is 1. The van der Waals surface area contributed by atoms with Gasteiger partial charge >= 0.3 is 5.97 Å². The number of anilines is 1. The van der Waals surface area contributed by atoms with Gasteiger partial charge in [0.05, 0.1) is 17.1 Å². The molecule has 98 valence electrons. The van der Waals surface area contributed by atoms with Crippen molar-refractivity contribution in [1.82, 2.24) is 0 Å². The van der Waals surface area contributed by atoms with Crippen molar-refractivity contribution in [2.75, 3.05) is 25.6 Å². The van der Waals surface area contributed by atoms with E-state index in [1.807, 2.05) is 0 Å². The summed E-state index contributed by atoms with van der Waals surface area (Å²) in [5.41, 5.74) is 0.502. The van der Waals surface area contributed by atoms with Gasteiger partial charge in [-0.2, -0.15) is 0 Å². The largest absolute Gasteiger partial charge is 0.478 e. The molecule has 1 aromatic rings. The molecule has 7 heteroatoms. The van der Waals surface area contributed by atoms with E-state index in [4.69, 9.17) is 9.84 Å². The first-order valence-electron chi connectivity index (χ1n) is 5.22. The van der Waals surface area contributed by atoms with Crippen molar-refractivity contribution in [2.45, 2.75) is 6.92 Å². The lowest BCUT2D eigenvalue weighted by Gasteiger charge is -2.10. The van der Waals surface area contributed by atoms with Gasteiger partial charge in [0.25, 0.3) is 5.69 Å². The van der Waals surface area contributed by atoms with E-state index in [9.17, 15) is 14.9 Å². The minimum Gasteiger partial charge on any atom is -0.478 e. The molecule has 0 aliphatic rings. The predicted molar refractivity (Wildman–Crippen MR) is 65.2 cm³/mol. The molecule has 0 radical (unpaired) electrons. The molecule has 0 aromatic heterocycles. The standard InChI is InChI=1S/C11H14N2O5/c1-7-9(12-3-4-18-2)5-8(11(14)15)6-10(7)13(16)17/h5-6,12H,3-4H2,1-2H3,(H,14,15). The van der Waals surface area contributed by atoms with Crippen molar-refractivity contribution < 1.29 is 19.6 Å². The van der Waals surface area contributed by atoms with Crippen molar-refractivity contribution in [3.8, 4) is 0 Å². The molecule has 0 bridgehead atoms. The van der Waals surface area contributed by atoms with E-state index in [-0.39, 0.29) is 11.3 Å². The van der Waals surface area contributed by atoms with E-state index in [0.717, 1.165) is 6.07 Å². The Morgan fingerprint density at radius 1 is 1.56 bits per heavy atom. The zero-order valence-corrected chi connectivity index (χ0v) is 10.1. The maximum absolute atomic E-state index is 10.9. The van der Waals surface area contributed by atoms with Gasteiger partial charge < -0.3 is 15.2 Å². The summed E-state index contributed by atoms with van der Waals surface area (Å²) in [6.45, 7) is 2.43. The Labute approximate surface area is 104 Å². The number of nitro groups is 1. The maximum atomic E-state index is 10.9. The van der Waals surface area contributed by atoms with Gasteiger partial charge in [0.1, 0.15) is 0 Å². The first-order chi connectivity index (χ1) is 8.47. The first-order valence-corrected chi connectivity index (χ1v) is 5.22. The fourth-order valence-corrected chi connectivity index (χ4v) is 1.48. The fourth-order valence-electron chi connectivity index (χ4n) is 1.48. The van der Waals surface area contributed by atoms with E-state index < -0.39 is 10.9 Å². The van der Waals surface area contributed by atoms with Crippen LogP contribution < -0.4 is 5.32 Å². The highest BCUT2D eigenvalue weighted by atomic mass is 16.6. The quantitative estimate of drug-likeness (QED) is 0.454. The summed E-state index contributed by atoms with van der Waals surface area (Å²) in [7, 11) is 1.53. The summed E-state index contributed by atoms with van der Waals surface area (Å²) in [6.07, 6.45) is 0. The molecule has 0 amide bonds. The minimum absolute atomic E-state index is 0.118. The summed E-state index contributed by atoms with van der Waals surface area (Å²) in [6, 6.07) is 2.43. The van der Waals surface area contributed by atoms with Gasteiger partial charge in [0.2, 0.25) is 0 Å². The fraction of sp³-hybridized carbons (Fsp3) is 0.364. The Hall–Kier alpha value is -2.15.